The first kappa shape index (κ1) is 19.6. The van der Waals surface area contributed by atoms with E-state index in [1.54, 1.807) is 7.11 Å². The lowest BCUT2D eigenvalue weighted by Gasteiger charge is -2.17. The highest BCUT2D eigenvalue weighted by Crippen LogP contribution is 2.37. The summed E-state index contributed by atoms with van der Waals surface area (Å²) >= 11 is 3.60. The van der Waals surface area contributed by atoms with Crippen LogP contribution in [0.2, 0.25) is 0 Å². The van der Waals surface area contributed by atoms with Gasteiger partial charge in [-0.2, -0.15) is 0 Å². The second kappa shape index (κ2) is 9.68. The van der Waals surface area contributed by atoms with Crippen LogP contribution in [0, 0.1) is 0 Å². The van der Waals surface area contributed by atoms with Crippen LogP contribution in [0.15, 0.2) is 40.9 Å². The molecule has 0 fully saturated rings. The summed E-state index contributed by atoms with van der Waals surface area (Å²) in [5.41, 5.74) is 2.35. The van der Waals surface area contributed by atoms with E-state index < -0.39 is 0 Å². The highest BCUT2D eigenvalue weighted by atomic mass is 79.9. The van der Waals surface area contributed by atoms with Gasteiger partial charge in [0, 0.05) is 13.1 Å². The van der Waals surface area contributed by atoms with Crippen molar-refractivity contribution < 1.29 is 14.2 Å². The number of hydrogen-bond acceptors (Lipinski definition) is 4. The monoisotopic (exact) mass is 407 g/mol. The Labute approximate surface area is 158 Å². The SMILES string of the molecule is CCOc1cc(CNCc2ccc(OC)cc2)cc(Br)c1OC(C)C. The summed E-state index contributed by atoms with van der Waals surface area (Å²) in [5, 5.41) is 3.45. The molecule has 1 N–H and O–H groups in total. The van der Waals surface area contributed by atoms with Gasteiger partial charge in [0.15, 0.2) is 11.5 Å². The normalized spacial score (nSPS) is 10.8. The fourth-order valence-electron chi connectivity index (χ4n) is 2.43. The van der Waals surface area contributed by atoms with E-state index in [4.69, 9.17) is 14.2 Å². The average molecular weight is 408 g/mol. The van der Waals surface area contributed by atoms with Crippen molar-refractivity contribution in [3.63, 3.8) is 0 Å². The average Bonchev–Trinajstić information content (AvgIpc) is 2.58. The summed E-state index contributed by atoms with van der Waals surface area (Å²) in [5.74, 6) is 2.40. The predicted molar refractivity (Wildman–Crippen MR) is 105 cm³/mol. The van der Waals surface area contributed by atoms with Crippen molar-refractivity contribution in [1.82, 2.24) is 5.32 Å². The van der Waals surface area contributed by atoms with Gasteiger partial charge in [0.1, 0.15) is 5.75 Å². The second-order valence-electron chi connectivity index (χ2n) is 5.96. The molecule has 4 nitrogen and oxygen atoms in total. The third-order valence-corrected chi connectivity index (χ3v) is 4.13. The van der Waals surface area contributed by atoms with E-state index >= 15 is 0 Å². The van der Waals surface area contributed by atoms with Crippen molar-refractivity contribution in [2.24, 2.45) is 0 Å². The topological polar surface area (TPSA) is 39.7 Å². The molecule has 0 saturated carbocycles. The number of benzene rings is 2. The maximum Gasteiger partial charge on any atom is 0.175 e. The van der Waals surface area contributed by atoms with Crippen molar-refractivity contribution in [2.75, 3.05) is 13.7 Å². The minimum absolute atomic E-state index is 0.0922. The number of ether oxygens (including phenoxy) is 3. The lowest BCUT2D eigenvalue weighted by atomic mass is 10.1. The van der Waals surface area contributed by atoms with Gasteiger partial charge in [-0.25, -0.2) is 0 Å². The molecular weight excluding hydrogens is 382 g/mol. The molecule has 25 heavy (non-hydrogen) atoms. The maximum atomic E-state index is 5.88. The molecule has 0 bridgehead atoms. The maximum absolute atomic E-state index is 5.88. The zero-order valence-electron chi connectivity index (χ0n) is 15.3. The molecular formula is C20H26BrNO3. The van der Waals surface area contributed by atoms with Gasteiger partial charge in [-0.1, -0.05) is 12.1 Å². The Kier molecular flexibility index (Phi) is 7.59. The summed E-state index contributed by atoms with van der Waals surface area (Å²) < 4.78 is 17.7. The van der Waals surface area contributed by atoms with E-state index in [1.165, 1.54) is 5.56 Å². The van der Waals surface area contributed by atoms with Crippen LogP contribution in [0.1, 0.15) is 31.9 Å². The van der Waals surface area contributed by atoms with Gasteiger partial charge in [-0.3, -0.25) is 0 Å². The molecule has 0 aromatic heterocycles. The van der Waals surface area contributed by atoms with Gasteiger partial charge in [0.25, 0.3) is 0 Å². The van der Waals surface area contributed by atoms with Crippen molar-refractivity contribution in [2.45, 2.75) is 40.0 Å². The van der Waals surface area contributed by atoms with Crippen LogP contribution in [-0.4, -0.2) is 19.8 Å². The third kappa shape index (κ3) is 5.94. The molecule has 0 aliphatic rings. The number of halogens is 1. The summed E-state index contributed by atoms with van der Waals surface area (Å²) in [6, 6.07) is 12.2. The fourth-order valence-corrected chi connectivity index (χ4v) is 3.01. The largest absolute Gasteiger partial charge is 0.497 e. The molecule has 2 aromatic rings. The highest BCUT2D eigenvalue weighted by Gasteiger charge is 2.13. The molecule has 5 heteroatoms. The van der Waals surface area contributed by atoms with Crippen LogP contribution < -0.4 is 19.5 Å². The van der Waals surface area contributed by atoms with Crippen LogP contribution in [0.5, 0.6) is 17.2 Å². The first-order valence-electron chi connectivity index (χ1n) is 8.49. The summed E-state index contributed by atoms with van der Waals surface area (Å²) in [4.78, 5) is 0. The fraction of sp³-hybridized carbons (Fsp3) is 0.400. The van der Waals surface area contributed by atoms with E-state index in [0.717, 1.165) is 40.4 Å². The van der Waals surface area contributed by atoms with E-state index in [1.807, 2.05) is 39.0 Å². The summed E-state index contributed by atoms with van der Waals surface area (Å²) in [6.45, 7) is 8.12. The van der Waals surface area contributed by atoms with E-state index in [-0.39, 0.29) is 6.10 Å². The van der Waals surface area contributed by atoms with Crippen LogP contribution in [0.3, 0.4) is 0 Å². The first-order valence-corrected chi connectivity index (χ1v) is 9.28. The Morgan fingerprint density at radius 3 is 2.32 bits per heavy atom. The third-order valence-electron chi connectivity index (χ3n) is 3.54. The molecule has 0 amide bonds. The van der Waals surface area contributed by atoms with E-state index in [2.05, 4.69) is 39.4 Å². The van der Waals surface area contributed by atoms with Crippen molar-refractivity contribution in [1.29, 1.82) is 0 Å². The Balaban J connectivity index is 2.03. The molecule has 0 atom stereocenters. The highest BCUT2D eigenvalue weighted by molar-refractivity contribution is 9.10. The van der Waals surface area contributed by atoms with Gasteiger partial charge in [0.05, 0.1) is 24.3 Å². The Morgan fingerprint density at radius 1 is 1.04 bits per heavy atom. The van der Waals surface area contributed by atoms with Gasteiger partial charge in [-0.15, -0.1) is 0 Å². The van der Waals surface area contributed by atoms with Gasteiger partial charge in [-0.05, 0) is 72.1 Å². The number of nitrogens with one attached hydrogen (secondary N) is 1. The second-order valence-corrected chi connectivity index (χ2v) is 6.81. The molecule has 0 unspecified atom stereocenters. The van der Waals surface area contributed by atoms with Crippen LogP contribution in [0.25, 0.3) is 0 Å². The Morgan fingerprint density at radius 2 is 1.72 bits per heavy atom. The number of methoxy groups -OCH3 is 1. The Hall–Kier alpha value is -1.72. The standard InChI is InChI=1S/C20H26BrNO3/c1-5-24-19-11-16(10-18(21)20(19)25-14(2)3)13-22-12-15-6-8-17(23-4)9-7-15/h6-11,14,22H,5,12-13H2,1-4H3. The van der Waals surface area contributed by atoms with Gasteiger partial charge in [0.2, 0.25) is 0 Å². The van der Waals surface area contributed by atoms with Crippen molar-refractivity contribution in [3.05, 3.63) is 52.0 Å². The quantitative estimate of drug-likeness (QED) is 0.639. The van der Waals surface area contributed by atoms with Gasteiger partial charge >= 0.3 is 0 Å². The van der Waals surface area contributed by atoms with E-state index in [9.17, 15) is 0 Å². The van der Waals surface area contributed by atoms with Gasteiger partial charge < -0.3 is 19.5 Å². The molecule has 0 aliphatic heterocycles. The zero-order valence-corrected chi connectivity index (χ0v) is 16.9. The minimum Gasteiger partial charge on any atom is -0.497 e. The van der Waals surface area contributed by atoms with Crippen LogP contribution in [-0.2, 0) is 13.1 Å². The Bertz CT molecular complexity index is 671. The lowest BCUT2D eigenvalue weighted by Crippen LogP contribution is -2.13. The smallest absolute Gasteiger partial charge is 0.175 e. The predicted octanol–water partition coefficient (Wildman–Crippen LogP) is 4.93. The van der Waals surface area contributed by atoms with Crippen molar-refractivity contribution in [3.8, 4) is 17.2 Å². The molecule has 2 aromatic carbocycles. The van der Waals surface area contributed by atoms with Crippen LogP contribution >= 0.6 is 15.9 Å². The summed E-state index contributed by atoms with van der Waals surface area (Å²) in [6.07, 6.45) is 0.0922. The van der Waals surface area contributed by atoms with E-state index in [0.29, 0.717) is 6.61 Å². The molecule has 136 valence electrons. The minimum atomic E-state index is 0.0922. The van der Waals surface area contributed by atoms with Crippen molar-refractivity contribution >= 4 is 15.9 Å². The summed E-state index contributed by atoms with van der Waals surface area (Å²) in [7, 11) is 1.67. The number of rotatable bonds is 9. The molecule has 0 saturated heterocycles. The number of hydrogen-bond donors (Lipinski definition) is 1. The molecule has 2 rings (SSSR count). The molecule has 0 spiro atoms. The lowest BCUT2D eigenvalue weighted by molar-refractivity contribution is 0.222. The zero-order chi connectivity index (χ0) is 18.2. The molecule has 0 heterocycles. The first-order chi connectivity index (χ1) is 12.0. The molecule has 0 aliphatic carbocycles. The molecule has 0 radical (unpaired) electrons. The van der Waals surface area contributed by atoms with Crippen LogP contribution in [0.4, 0.5) is 0 Å².